The van der Waals surface area contributed by atoms with Crippen LogP contribution in [0.5, 0.6) is 5.75 Å². The summed E-state index contributed by atoms with van der Waals surface area (Å²) in [5, 5.41) is 3.87. The van der Waals surface area contributed by atoms with Crippen LogP contribution in [-0.2, 0) is 11.3 Å². The van der Waals surface area contributed by atoms with E-state index in [1.165, 1.54) is 0 Å². The maximum Gasteiger partial charge on any atom is 0.338 e. The van der Waals surface area contributed by atoms with Gasteiger partial charge in [0.1, 0.15) is 18.1 Å². The predicted molar refractivity (Wildman–Crippen MR) is 81.7 cm³/mol. The number of carbonyl (C=O) groups is 1. The molecule has 0 aliphatic rings. The van der Waals surface area contributed by atoms with E-state index in [1.807, 2.05) is 13.8 Å². The Morgan fingerprint density at radius 3 is 2.68 bits per heavy atom. The lowest BCUT2D eigenvalue weighted by atomic mass is 10.2. The minimum atomic E-state index is -0.405. The molecule has 1 aromatic heterocycles. The van der Waals surface area contributed by atoms with Gasteiger partial charge in [-0.3, -0.25) is 0 Å². The van der Waals surface area contributed by atoms with Crippen molar-refractivity contribution in [2.75, 3.05) is 5.73 Å². The van der Waals surface area contributed by atoms with Crippen LogP contribution in [0.3, 0.4) is 0 Å². The van der Waals surface area contributed by atoms with Crippen molar-refractivity contribution in [2.45, 2.75) is 40.4 Å². The van der Waals surface area contributed by atoms with Crippen LogP contribution < -0.4 is 10.5 Å². The highest BCUT2D eigenvalue weighted by Crippen LogP contribution is 2.25. The summed E-state index contributed by atoms with van der Waals surface area (Å²) in [5.74, 6) is 0.724. The lowest BCUT2D eigenvalue weighted by Crippen LogP contribution is -2.12. The maximum atomic E-state index is 11.9. The Morgan fingerprint density at radius 2 is 2.09 bits per heavy atom. The number of carbonyl (C=O) groups excluding carboxylic acids is 1. The Morgan fingerprint density at radius 1 is 1.36 bits per heavy atom. The number of hydrogen-bond donors (Lipinski definition) is 1. The zero-order chi connectivity index (χ0) is 16.3. The molecule has 0 spiro atoms. The van der Waals surface area contributed by atoms with Crippen molar-refractivity contribution in [3.63, 3.8) is 0 Å². The monoisotopic (exact) mass is 304 g/mol. The van der Waals surface area contributed by atoms with E-state index in [2.05, 4.69) is 5.16 Å². The third kappa shape index (κ3) is 3.58. The van der Waals surface area contributed by atoms with Crippen molar-refractivity contribution >= 4 is 11.7 Å². The molecular formula is C16H20N2O4. The number of esters is 1. The Bertz CT molecular complexity index is 657. The molecule has 0 saturated carbocycles. The summed E-state index contributed by atoms with van der Waals surface area (Å²) < 4.78 is 15.9. The molecule has 0 bridgehead atoms. The molecule has 0 amide bonds. The van der Waals surface area contributed by atoms with Crippen LogP contribution in [0.4, 0.5) is 5.69 Å². The third-order valence-corrected chi connectivity index (χ3v) is 3.15. The highest BCUT2D eigenvalue weighted by molar-refractivity contribution is 5.90. The first-order valence-electron chi connectivity index (χ1n) is 7.03. The molecule has 0 unspecified atom stereocenters. The van der Waals surface area contributed by atoms with Crippen molar-refractivity contribution in [3.8, 4) is 5.75 Å². The van der Waals surface area contributed by atoms with E-state index in [0.717, 1.165) is 11.3 Å². The van der Waals surface area contributed by atoms with Gasteiger partial charge in [-0.15, -0.1) is 0 Å². The average molecular weight is 304 g/mol. The van der Waals surface area contributed by atoms with E-state index in [-0.39, 0.29) is 12.7 Å². The minimum Gasteiger partial charge on any atom is -0.487 e. The highest BCUT2D eigenvalue weighted by Gasteiger charge is 2.14. The van der Waals surface area contributed by atoms with Crippen molar-refractivity contribution < 1.29 is 18.8 Å². The van der Waals surface area contributed by atoms with Crippen molar-refractivity contribution in [2.24, 2.45) is 0 Å². The summed E-state index contributed by atoms with van der Waals surface area (Å²) in [5.41, 5.74) is 8.38. The van der Waals surface area contributed by atoms with Crippen LogP contribution in [0.1, 0.15) is 41.2 Å². The molecule has 2 N–H and O–H groups in total. The van der Waals surface area contributed by atoms with Gasteiger partial charge in [-0.2, -0.15) is 0 Å². The van der Waals surface area contributed by atoms with Gasteiger partial charge in [0.2, 0.25) is 0 Å². The van der Waals surface area contributed by atoms with E-state index in [9.17, 15) is 4.79 Å². The summed E-state index contributed by atoms with van der Waals surface area (Å²) in [7, 11) is 0. The largest absolute Gasteiger partial charge is 0.487 e. The molecule has 118 valence electrons. The summed E-state index contributed by atoms with van der Waals surface area (Å²) >= 11 is 0. The van der Waals surface area contributed by atoms with E-state index in [4.69, 9.17) is 19.7 Å². The molecule has 0 fully saturated rings. The normalized spacial score (nSPS) is 10.8. The lowest BCUT2D eigenvalue weighted by molar-refractivity contribution is 0.0377. The quantitative estimate of drug-likeness (QED) is 0.675. The second-order valence-electron chi connectivity index (χ2n) is 5.30. The van der Waals surface area contributed by atoms with Crippen molar-refractivity contribution in [1.29, 1.82) is 0 Å². The number of nitrogens with zero attached hydrogens (tertiary/aromatic N) is 1. The molecule has 2 aromatic rings. The summed E-state index contributed by atoms with van der Waals surface area (Å²) in [4.78, 5) is 11.9. The molecule has 1 heterocycles. The van der Waals surface area contributed by atoms with Gasteiger partial charge in [0.25, 0.3) is 0 Å². The molecule has 1 aromatic carbocycles. The number of nitrogen functional groups attached to an aromatic ring is 1. The van der Waals surface area contributed by atoms with Gasteiger partial charge < -0.3 is 19.7 Å². The minimum absolute atomic E-state index is 0.184. The van der Waals surface area contributed by atoms with E-state index in [1.54, 1.807) is 32.0 Å². The Balaban J connectivity index is 2.15. The van der Waals surface area contributed by atoms with E-state index in [0.29, 0.717) is 22.8 Å². The van der Waals surface area contributed by atoms with Crippen LogP contribution in [0.25, 0.3) is 0 Å². The van der Waals surface area contributed by atoms with Crippen molar-refractivity contribution in [3.05, 3.63) is 40.8 Å². The van der Waals surface area contributed by atoms with Crippen molar-refractivity contribution in [1.82, 2.24) is 5.16 Å². The zero-order valence-corrected chi connectivity index (χ0v) is 13.2. The molecule has 6 heteroatoms. The summed E-state index contributed by atoms with van der Waals surface area (Å²) in [6, 6.07) is 4.82. The van der Waals surface area contributed by atoms with Crippen LogP contribution in [0.2, 0.25) is 0 Å². The maximum absolute atomic E-state index is 11.9. The SMILES string of the molecule is Cc1noc(C)c1COc1cc(C(=O)OC(C)C)ccc1N. The fraction of sp³-hybridized carbons (Fsp3) is 0.375. The zero-order valence-electron chi connectivity index (χ0n) is 13.2. The van der Waals surface area contributed by atoms with Gasteiger partial charge in [-0.1, -0.05) is 5.16 Å². The number of rotatable bonds is 5. The van der Waals surface area contributed by atoms with Gasteiger partial charge in [0, 0.05) is 0 Å². The van der Waals surface area contributed by atoms with Crippen LogP contribution in [0.15, 0.2) is 22.7 Å². The van der Waals surface area contributed by atoms with Crippen LogP contribution in [0, 0.1) is 13.8 Å². The second-order valence-corrected chi connectivity index (χ2v) is 5.30. The van der Waals surface area contributed by atoms with Gasteiger partial charge in [0.05, 0.1) is 28.6 Å². The number of hydrogen-bond acceptors (Lipinski definition) is 6. The summed E-state index contributed by atoms with van der Waals surface area (Å²) in [6.45, 7) is 7.52. The average Bonchev–Trinajstić information content (AvgIpc) is 2.76. The molecule has 0 saturated heterocycles. The molecular weight excluding hydrogens is 284 g/mol. The summed E-state index contributed by atoms with van der Waals surface area (Å²) in [6.07, 6.45) is -0.184. The van der Waals surface area contributed by atoms with Gasteiger partial charge in [-0.05, 0) is 45.9 Å². The molecule has 0 aliphatic heterocycles. The van der Waals surface area contributed by atoms with Gasteiger partial charge in [0.15, 0.2) is 0 Å². The fourth-order valence-corrected chi connectivity index (χ4v) is 1.93. The Kier molecular flexibility index (Phi) is 4.70. The molecule has 0 atom stereocenters. The number of benzene rings is 1. The first kappa shape index (κ1) is 15.9. The lowest BCUT2D eigenvalue weighted by Gasteiger charge is -2.12. The molecule has 0 radical (unpaired) electrons. The van der Waals surface area contributed by atoms with E-state index >= 15 is 0 Å². The number of aryl methyl sites for hydroxylation is 2. The first-order chi connectivity index (χ1) is 10.4. The fourth-order valence-electron chi connectivity index (χ4n) is 1.93. The Hall–Kier alpha value is -2.50. The van der Waals surface area contributed by atoms with Gasteiger partial charge in [-0.25, -0.2) is 4.79 Å². The molecule has 2 rings (SSSR count). The van der Waals surface area contributed by atoms with Crippen LogP contribution >= 0.6 is 0 Å². The van der Waals surface area contributed by atoms with Crippen LogP contribution in [-0.4, -0.2) is 17.2 Å². The Labute approximate surface area is 129 Å². The van der Waals surface area contributed by atoms with E-state index < -0.39 is 5.97 Å². The van der Waals surface area contributed by atoms with Gasteiger partial charge >= 0.3 is 5.97 Å². The second kappa shape index (κ2) is 6.51. The topological polar surface area (TPSA) is 87.6 Å². The highest BCUT2D eigenvalue weighted by atomic mass is 16.5. The third-order valence-electron chi connectivity index (χ3n) is 3.15. The smallest absolute Gasteiger partial charge is 0.338 e. The molecule has 6 nitrogen and oxygen atoms in total. The number of anilines is 1. The number of aromatic nitrogens is 1. The molecule has 22 heavy (non-hydrogen) atoms. The number of nitrogens with two attached hydrogens (primary N) is 1. The predicted octanol–water partition coefficient (Wildman–Crippen LogP) is 3.02. The first-order valence-corrected chi connectivity index (χ1v) is 7.03. The standard InChI is InChI=1S/C16H20N2O4/c1-9(2)21-16(19)12-5-6-14(17)15(7-12)20-8-13-10(3)18-22-11(13)4/h5-7,9H,8,17H2,1-4H3. The molecule has 0 aliphatic carbocycles. The number of ether oxygens (including phenoxy) is 2.